The molecule has 3 amide bonds. The molecule has 1 fully saturated rings. The van der Waals surface area contributed by atoms with E-state index in [4.69, 9.17) is 22.1 Å². The highest BCUT2D eigenvalue weighted by Gasteiger charge is 2.32. The summed E-state index contributed by atoms with van der Waals surface area (Å²) in [6, 6.07) is 10.5. The Labute approximate surface area is 188 Å². The molecule has 1 unspecified atom stereocenters. The van der Waals surface area contributed by atoms with E-state index in [1.54, 1.807) is 29.2 Å². The number of anilines is 3. The van der Waals surface area contributed by atoms with Crippen molar-refractivity contribution in [3.8, 4) is 0 Å². The van der Waals surface area contributed by atoms with E-state index in [9.17, 15) is 14.4 Å². The fraction of sp³-hybridized carbons (Fsp3) is 0.286. The molecule has 2 aromatic rings. The van der Waals surface area contributed by atoms with E-state index in [0.29, 0.717) is 53.6 Å². The summed E-state index contributed by atoms with van der Waals surface area (Å²) in [5, 5.41) is 5.98. The number of carbonyl (C=O) groups excluding carboxylic acids is 3. The maximum Gasteiger partial charge on any atom is 0.414 e. The van der Waals surface area contributed by atoms with Crippen molar-refractivity contribution in [2.24, 2.45) is 0 Å². The first-order valence-electron chi connectivity index (χ1n) is 9.79. The number of hydrogen-bond donors (Lipinski definition) is 3. The van der Waals surface area contributed by atoms with Crippen LogP contribution in [0.15, 0.2) is 41.3 Å². The van der Waals surface area contributed by atoms with Crippen LogP contribution in [0, 0.1) is 0 Å². The number of halogens is 1. The molecule has 4 rings (SSSR count). The predicted octanol–water partition coefficient (Wildman–Crippen LogP) is 3.50. The summed E-state index contributed by atoms with van der Waals surface area (Å²) in [6.45, 7) is 0.828. The zero-order valence-corrected chi connectivity index (χ0v) is 18.1. The predicted molar refractivity (Wildman–Crippen MR) is 121 cm³/mol. The largest absolute Gasteiger partial charge is 0.444 e. The van der Waals surface area contributed by atoms with Crippen molar-refractivity contribution in [2.75, 3.05) is 34.8 Å². The number of ether oxygens (including phenoxy) is 1. The van der Waals surface area contributed by atoms with Gasteiger partial charge < -0.3 is 21.1 Å². The second kappa shape index (κ2) is 9.07. The number of benzene rings is 2. The van der Waals surface area contributed by atoms with Crippen LogP contribution < -0.4 is 21.3 Å². The van der Waals surface area contributed by atoms with E-state index in [2.05, 4.69) is 10.6 Å². The number of cyclic esters (lactones) is 1. The third kappa shape index (κ3) is 4.72. The van der Waals surface area contributed by atoms with E-state index in [-0.39, 0.29) is 23.6 Å². The summed E-state index contributed by atoms with van der Waals surface area (Å²) >= 11 is 7.42. The Balaban J connectivity index is 1.28. The third-order valence-corrected chi connectivity index (χ3v) is 6.47. The number of fused-ring (bicyclic) bond motifs is 1. The Morgan fingerprint density at radius 3 is 3.00 bits per heavy atom. The highest BCUT2D eigenvalue weighted by Crippen LogP contribution is 2.35. The van der Waals surface area contributed by atoms with Gasteiger partial charge in [0.15, 0.2) is 0 Å². The van der Waals surface area contributed by atoms with Gasteiger partial charge >= 0.3 is 6.09 Å². The van der Waals surface area contributed by atoms with Gasteiger partial charge in [0, 0.05) is 17.1 Å². The van der Waals surface area contributed by atoms with Crippen LogP contribution in [0.3, 0.4) is 0 Å². The summed E-state index contributed by atoms with van der Waals surface area (Å²) in [5.74, 6) is 0.0396. The van der Waals surface area contributed by atoms with Gasteiger partial charge in [0.1, 0.15) is 6.10 Å². The summed E-state index contributed by atoms with van der Waals surface area (Å²) in [6.07, 6.45) is 0.538. The number of nitrogens with one attached hydrogen (secondary N) is 2. The molecule has 8 nitrogen and oxygen atoms in total. The third-order valence-electron chi connectivity index (χ3n) is 5.07. The lowest BCUT2D eigenvalue weighted by Crippen LogP contribution is -2.27. The lowest BCUT2D eigenvalue weighted by molar-refractivity contribution is -0.113. The van der Waals surface area contributed by atoms with Gasteiger partial charge in [-0.25, -0.2) is 4.79 Å². The molecule has 31 heavy (non-hydrogen) atoms. The van der Waals surface area contributed by atoms with Crippen molar-refractivity contribution in [1.82, 2.24) is 5.32 Å². The maximum atomic E-state index is 12.3. The van der Waals surface area contributed by atoms with Crippen molar-refractivity contribution in [1.29, 1.82) is 0 Å². The number of carbonyl (C=O) groups is 3. The zero-order chi connectivity index (χ0) is 22.0. The first kappa shape index (κ1) is 21.3. The van der Waals surface area contributed by atoms with E-state index >= 15 is 0 Å². The number of nitrogen functional groups attached to an aromatic ring is 1. The van der Waals surface area contributed by atoms with Crippen molar-refractivity contribution in [2.45, 2.75) is 23.8 Å². The monoisotopic (exact) mass is 460 g/mol. The molecule has 0 radical (unpaired) electrons. The Morgan fingerprint density at radius 1 is 1.32 bits per heavy atom. The topological polar surface area (TPSA) is 114 Å². The van der Waals surface area contributed by atoms with Crippen LogP contribution in [0.2, 0.25) is 5.02 Å². The average molecular weight is 461 g/mol. The van der Waals surface area contributed by atoms with Gasteiger partial charge in [-0.15, -0.1) is 11.8 Å². The van der Waals surface area contributed by atoms with Crippen molar-refractivity contribution >= 4 is 58.3 Å². The molecule has 2 heterocycles. The molecule has 0 spiro atoms. The van der Waals surface area contributed by atoms with Crippen LogP contribution >= 0.6 is 23.4 Å². The van der Waals surface area contributed by atoms with Gasteiger partial charge in [-0.2, -0.15) is 0 Å². The number of nitrogens with two attached hydrogens (primary N) is 1. The maximum absolute atomic E-state index is 12.3. The minimum absolute atomic E-state index is 0.0573. The van der Waals surface area contributed by atoms with Gasteiger partial charge in [-0.1, -0.05) is 17.7 Å². The highest BCUT2D eigenvalue weighted by molar-refractivity contribution is 8.00. The Kier molecular flexibility index (Phi) is 6.24. The molecule has 0 aliphatic carbocycles. The molecule has 0 aromatic heterocycles. The molecule has 2 aromatic carbocycles. The van der Waals surface area contributed by atoms with E-state index in [1.807, 2.05) is 12.1 Å². The van der Waals surface area contributed by atoms with Crippen LogP contribution in [0.1, 0.15) is 23.2 Å². The molecule has 0 saturated carbocycles. The number of nitrogens with zero attached hydrogens (tertiary/aromatic N) is 1. The standard InChI is InChI=1S/C21H21ClN4O4S/c22-15-5-1-4-14(19(15)23)20(28)24-8-2-3-13-10-26(21(29)30-13)12-6-7-17-16(9-12)25-18(27)11-31-17/h1,4-7,9,13H,2-3,8,10-11,23H2,(H,24,28)(H,25,27). The average Bonchev–Trinajstić information content (AvgIpc) is 3.13. The SMILES string of the molecule is Nc1c(Cl)cccc1C(=O)NCCCC1CN(c2ccc3c(c2)NC(=O)CS3)C(=O)O1. The Morgan fingerprint density at radius 2 is 2.16 bits per heavy atom. The molecule has 10 heteroatoms. The van der Waals surface area contributed by atoms with Crippen LogP contribution in [-0.4, -0.2) is 42.9 Å². The van der Waals surface area contributed by atoms with Gasteiger partial charge in [0.2, 0.25) is 5.91 Å². The first-order chi connectivity index (χ1) is 14.9. The van der Waals surface area contributed by atoms with E-state index < -0.39 is 6.09 Å². The molecular weight excluding hydrogens is 440 g/mol. The van der Waals surface area contributed by atoms with Crippen LogP contribution in [0.25, 0.3) is 0 Å². The van der Waals surface area contributed by atoms with Crippen LogP contribution in [-0.2, 0) is 9.53 Å². The fourth-order valence-electron chi connectivity index (χ4n) is 3.48. The quantitative estimate of drug-likeness (QED) is 0.449. The van der Waals surface area contributed by atoms with Crippen molar-refractivity contribution < 1.29 is 19.1 Å². The number of rotatable bonds is 6. The van der Waals surface area contributed by atoms with Crippen molar-refractivity contribution in [3.63, 3.8) is 0 Å². The molecule has 162 valence electrons. The van der Waals surface area contributed by atoms with Crippen molar-refractivity contribution in [3.05, 3.63) is 47.0 Å². The highest BCUT2D eigenvalue weighted by atomic mass is 35.5. The number of amides is 3. The molecule has 0 bridgehead atoms. The number of thioether (sulfide) groups is 1. The van der Waals surface area contributed by atoms with Gasteiger partial charge in [0.05, 0.1) is 34.3 Å². The fourth-order valence-corrected chi connectivity index (χ4v) is 4.45. The Hall–Kier alpha value is -2.91. The van der Waals surface area contributed by atoms with Gasteiger partial charge in [-0.05, 0) is 43.2 Å². The summed E-state index contributed by atoms with van der Waals surface area (Å²) in [7, 11) is 0. The second-order valence-electron chi connectivity index (χ2n) is 7.23. The second-order valence-corrected chi connectivity index (χ2v) is 8.66. The van der Waals surface area contributed by atoms with Crippen LogP contribution in [0.5, 0.6) is 0 Å². The summed E-state index contributed by atoms with van der Waals surface area (Å²) in [4.78, 5) is 38.7. The number of hydrogen-bond acceptors (Lipinski definition) is 6. The van der Waals surface area contributed by atoms with E-state index in [0.717, 1.165) is 4.90 Å². The lowest BCUT2D eigenvalue weighted by Gasteiger charge is -2.20. The zero-order valence-electron chi connectivity index (χ0n) is 16.5. The summed E-state index contributed by atoms with van der Waals surface area (Å²) in [5.41, 5.74) is 7.82. The smallest absolute Gasteiger partial charge is 0.414 e. The number of para-hydroxylation sites is 1. The first-order valence-corrected chi connectivity index (χ1v) is 11.2. The lowest BCUT2D eigenvalue weighted by atomic mass is 10.1. The summed E-state index contributed by atoms with van der Waals surface area (Å²) < 4.78 is 5.46. The van der Waals surface area contributed by atoms with Crippen LogP contribution in [0.4, 0.5) is 21.9 Å². The molecule has 1 saturated heterocycles. The molecule has 4 N–H and O–H groups in total. The molecule has 2 aliphatic rings. The van der Waals surface area contributed by atoms with Gasteiger partial charge in [-0.3, -0.25) is 14.5 Å². The molecular formula is C21H21ClN4O4S. The molecule has 2 aliphatic heterocycles. The van der Waals surface area contributed by atoms with Gasteiger partial charge in [0.25, 0.3) is 5.91 Å². The molecule has 1 atom stereocenters. The Bertz CT molecular complexity index is 1050. The minimum atomic E-state index is -0.421. The van der Waals surface area contributed by atoms with E-state index in [1.165, 1.54) is 11.8 Å². The minimum Gasteiger partial charge on any atom is -0.444 e. The normalized spacial score (nSPS) is 17.7.